The predicted molar refractivity (Wildman–Crippen MR) is 36.4 cm³/mol. The van der Waals surface area contributed by atoms with Crippen LogP contribution in [0.25, 0.3) is 0 Å². The Morgan fingerprint density at radius 3 is 2.82 bits per heavy atom. The van der Waals surface area contributed by atoms with Crippen molar-refractivity contribution >= 4 is 11.8 Å². The first-order chi connectivity index (χ1) is 5.11. The Morgan fingerprint density at radius 1 is 1.82 bits per heavy atom. The highest BCUT2D eigenvalue weighted by Crippen LogP contribution is 2.09. The van der Waals surface area contributed by atoms with E-state index < -0.39 is 17.9 Å². The summed E-state index contributed by atoms with van der Waals surface area (Å²) in [7, 11) is 0. The minimum absolute atomic E-state index is 0.0874. The van der Waals surface area contributed by atoms with E-state index in [9.17, 15) is 9.59 Å². The fourth-order valence-electron chi connectivity index (χ4n) is 1.07. The summed E-state index contributed by atoms with van der Waals surface area (Å²) >= 11 is 0. The summed E-state index contributed by atoms with van der Waals surface area (Å²) in [5, 5.41) is 8.94. The molecule has 0 aromatic heterocycles. The van der Waals surface area contributed by atoms with E-state index in [1.165, 1.54) is 4.90 Å². The van der Waals surface area contributed by atoms with Gasteiger partial charge in [0.1, 0.15) is 6.10 Å². The van der Waals surface area contributed by atoms with E-state index in [2.05, 4.69) is 0 Å². The van der Waals surface area contributed by atoms with Gasteiger partial charge in [0.2, 0.25) is 5.91 Å². The number of aliphatic hydroxyl groups excluding tert-OH is 1. The summed E-state index contributed by atoms with van der Waals surface area (Å²) in [5.41, 5.74) is 4.87. The fourth-order valence-corrected chi connectivity index (χ4v) is 1.07. The molecule has 1 rings (SSSR count). The third kappa shape index (κ3) is 1.68. The Morgan fingerprint density at radius 2 is 2.45 bits per heavy atom. The van der Waals surface area contributed by atoms with Crippen LogP contribution in [0.1, 0.15) is 6.42 Å². The van der Waals surface area contributed by atoms with Gasteiger partial charge in [0.25, 0.3) is 5.91 Å². The topological polar surface area (TPSA) is 83.6 Å². The highest BCUT2D eigenvalue weighted by molar-refractivity contribution is 5.87. The van der Waals surface area contributed by atoms with Crippen LogP contribution in [0.15, 0.2) is 0 Å². The fraction of sp³-hybridized carbons (Fsp3) is 0.667. The monoisotopic (exact) mass is 158 g/mol. The van der Waals surface area contributed by atoms with Crippen LogP contribution in [0.3, 0.4) is 0 Å². The lowest BCUT2D eigenvalue weighted by Gasteiger charge is -2.11. The number of hydrogen-bond donors (Lipinski definition) is 2. The van der Waals surface area contributed by atoms with Gasteiger partial charge in [-0.2, -0.15) is 0 Å². The molecule has 1 aliphatic rings. The van der Waals surface area contributed by atoms with E-state index in [4.69, 9.17) is 10.8 Å². The minimum Gasteiger partial charge on any atom is -0.383 e. The van der Waals surface area contributed by atoms with Crippen molar-refractivity contribution in [2.75, 3.05) is 13.1 Å². The largest absolute Gasteiger partial charge is 0.383 e. The number of hydrogen-bond acceptors (Lipinski definition) is 3. The van der Waals surface area contributed by atoms with Crippen LogP contribution < -0.4 is 5.73 Å². The molecule has 62 valence electrons. The summed E-state index contributed by atoms with van der Waals surface area (Å²) in [4.78, 5) is 22.5. The van der Waals surface area contributed by atoms with Crippen molar-refractivity contribution in [3.63, 3.8) is 0 Å². The van der Waals surface area contributed by atoms with Crippen molar-refractivity contribution in [1.29, 1.82) is 0 Å². The zero-order valence-corrected chi connectivity index (χ0v) is 5.99. The lowest BCUT2D eigenvalue weighted by Crippen LogP contribution is -2.36. The maximum Gasteiger partial charge on any atom is 0.251 e. The van der Waals surface area contributed by atoms with Crippen LogP contribution >= 0.6 is 0 Å². The van der Waals surface area contributed by atoms with Gasteiger partial charge in [0, 0.05) is 6.54 Å². The van der Waals surface area contributed by atoms with Gasteiger partial charge in [0.15, 0.2) is 0 Å². The number of likely N-dealkylation sites (tertiary alicyclic amines) is 1. The molecule has 5 heteroatoms. The Balaban J connectivity index is 2.49. The van der Waals surface area contributed by atoms with Gasteiger partial charge in [-0.15, -0.1) is 0 Å². The van der Waals surface area contributed by atoms with Crippen molar-refractivity contribution in [3.8, 4) is 0 Å². The Bertz CT molecular complexity index is 192. The standard InChI is InChI=1S/C6H10N2O3/c7-5(10)3-8-2-1-4(9)6(8)11/h4,9H,1-3H2,(H2,7,10)/t4-/m1/s1. The molecule has 0 unspecified atom stereocenters. The number of primary amides is 1. The quantitative estimate of drug-likeness (QED) is 0.490. The molecule has 3 N–H and O–H groups in total. The Labute approximate surface area is 63.8 Å². The van der Waals surface area contributed by atoms with Crippen LogP contribution in [0, 0.1) is 0 Å². The Hall–Kier alpha value is -1.10. The van der Waals surface area contributed by atoms with Gasteiger partial charge < -0.3 is 15.7 Å². The number of carbonyl (C=O) groups is 2. The minimum atomic E-state index is -0.936. The van der Waals surface area contributed by atoms with Crippen molar-refractivity contribution < 1.29 is 14.7 Å². The van der Waals surface area contributed by atoms with E-state index >= 15 is 0 Å². The zero-order chi connectivity index (χ0) is 8.43. The Kier molecular flexibility index (Phi) is 2.09. The smallest absolute Gasteiger partial charge is 0.251 e. The van der Waals surface area contributed by atoms with Gasteiger partial charge in [-0.25, -0.2) is 0 Å². The van der Waals surface area contributed by atoms with Crippen molar-refractivity contribution in [2.45, 2.75) is 12.5 Å². The molecule has 0 bridgehead atoms. The first-order valence-corrected chi connectivity index (χ1v) is 3.36. The molecule has 5 nitrogen and oxygen atoms in total. The lowest BCUT2D eigenvalue weighted by atomic mass is 10.3. The van der Waals surface area contributed by atoms with Gasteiger partial charge in [-0.1, -0.05) is 0 Å². The third-order valence-corrected chi connectivity index (χ3v) is 1.62. The second-order valence-electron chi connectivity index (χ2n) is 2.53. The average Bonchev–Trinajstić information content (AvgIpc) is 2.18. The van der Waals surface area contributed by atoms with Gasteiger partial charge in [0.05, 0.1) is 6.54 Å². The molecule has 1 atom stereocenters. The average molecular weight is 158 g/mol. The molecule has 1 saturated heterocycles. The van der Waals surface area contributed by atoms with Crippen LogP contribution in [-0.2, 0) is 9.59 Å². The first-order valence-electron chi connectivity index (χ1n) is 3.36. The second kappa shape index (κ2) is 2.87. The molecule has 0 spiro atoms. The molecule has 0 aliphatic carbocycles. The normalized spacial score (nSPS) is 24.3. The zero-order valence-electron chi connectivity index (χ0n) is 5.99. The van der Waals surface area contributed by atoms with E-state index in [-0.39, 0.29) is 6.54 Å². The van der Waals surface area contributed by atoms with E-state index in [0.29, 0.717) is 13.0 Å². The lowest BCUT2D eigenvalue weighted by molar-refractivity contribution is -0.137. The molecule has 1 fully saturated rings. The van der Waals surface area contributed by atoms with Crippen LogP contribution in [-0.4, -0.2) is 41.0 Å². The molecular formula is C6H10N2O3. The molecule has 11 heavy (non-hydrogen) atoms. The summed E-state index contributed by atoms with van der Waals surface area (Å²) in [6.07, 6.45) is -0.541. The third-order valence-electron chi connectivity index (χ3n) is 1.62. The van der Waals surface area contributed by atoms with Gasteiger partial charge >= 0.3 is 0 Å². The van der Waals surface area contributed by atoms with Gasteiger partial charge in [-0.05, 0) is 6.42 Å². The van der Waals surface area contributed by atoms with Crippen molar-refractivity contribution in [3.05, 3.63) is 0 Å². The molecule has 1 aliphatic heterocycles. The van der Waals surface area contributed by atoms with Crippen molar-refractivity contribution in [1.82, 2.24) is 4.90 Å². The van der Waals surface area contributed by atoms with E-state index in [1.54, 1.807) is 0 Å². The van der Waals surface area contributed by atoms with Crippen LogP contribution in [0.2, 0.25) is 0 Å². The highest BCUT2D eigenvalue weighted by Gasteiger charge is 2.30. The maximum absolute atomic E-state index is 10.9. The number of aliphatic hydroxyl groups is 1. The van der Waals surface area contributed by atoms with Crippen LogP contribution in [0.4, 0.5) is 0 Å². The summed E-state index contributed by atoms with van der Waals surface area (Å²) in [6, 6.07) is 0. The number of carbonyl (C=O) groups excluding carboxylic acids is 2. The van der Waals surface area contributed by atoms with Crippen molar-refractivity contribution in [2.24, 2.45) is 5.73 Å². The summed E-state index contributed by atoms with van der Waals surface area (Å²) in [5.74, 6) is -0.948. The number of rotatable bonds is 2. The molecule has 0 aromatic carbocycles. The molecule has 1 heterocycles. The molecule has 0 saturated carbocycles. The maximum atomic E-state index is 10.9. The van der Waals surface area contributed by atoms with E-state index in [0.717, 1.165) is 0 Å². The molecule has 0 radical (unpaired) electrons. The first kappa shape index (κ1) is 8.00. The molecule has 2 amide bonds. The second-order valence-corrected chi connectivity index (χ2v) is 2.53. The summed E-state index contributed by atoms with van der Waals surface area (Å²) < 4.78 is 0. The molecular weight excluding hydrogens is 148 g/mol. The SMILES string of the molecule is NC(=O)CN1CC[C@@H](O)C1=O. The van der Waals surface area contributed by atoms with E-state index in [1.807, 2.05) is 0 Å². The number of nitrogens with two attached hydrogens (primary N) is 1. The highest BCUT2D eigenvalue weighted by atomic mass is 16.3. The summed E-state index contributed by atoms with van der Waals surface area (Å²) in [6.45, 7) is 0.332. The van der Waals surface area contributed by atoms with Crippen LogP contribution in [0.5, 0.6) is 0 Å². The van der Waals surface area contributed by atoms with Gasteiger partial charge in [-0.3, -0.25) is 9.59 Å². The molecule has 0 aromatic rings. The predicted octanol–water partition coefficient (Wildman–Crippen LogP) is -1.94. The number of nitrogens with zero attached hydrogens (tertiary/aromatic N) is 1. The number of amides is 2.